The third kappa shape index (κ3) is 4.62. The lowest BCUT2D eigenvalue weighted by Gasteiger charge is -2.31. The molecule has 5 nitrogen and oxygen atoms in total. The van der Waals surface area contributed by atoms with E-state index >= 15 is 0 Å². The second kappa shape index (κ2) is 9.14. The topological polar surface area (TPSA) is 59.0 Å². The number of nitrogens with zero attached hydrogens (tertiary/aromatic N) is 1. The summed E-state index contributed by atoms with van der Waals surface area (Å²) in [6.45, 7) is 3.90. The first kappa shape index (κ1) is 20.9. The Morgan fingerprint density at radius 1 is 1.10 bits per heavy atom. The number of benzene rings is 2. The highest BCUT2D eigenvalue weighted by atomic mass is 16.5. The standard InChI is InChI=1S/C24H29NO4/c1-16-5-7-17(8-6-16)9-10-19(26)23-21(29-4)15-20(28-3)22(24(23)27)18-11-13-25(2)14-12-18/h5-10,15,18,27H,11-14H2,1-4H3/b10-9+. The van der Waals surface area contributed by atoms with E-state index in [9.17, 15) is 9.90 Å². The minimum Gasteiger partial charge on any atom is -0.507 e. The van der Waals surface area contributed by atoms with E-state index in [-0.39, 0.29) is 23.0 Å². The molecular weight excluding hydrogens is 366 g/mol. The van der Waals surface area contributed by atoms with Gasteiger partial charge in [0.1, 0.15) is 22.8 Å². The maximum Gasteiger partial charge on any atom is 0.193 e. The molecule has 0 saturated carbocycles. The average molecular weight is 395 g/mol. The monoisotopic (exact) mass is 395 g/mol. The Hall–Kier alpha value is -2.79. The zero-order chi connectivity index (χ0) is 21.0. The molecule has 1 heterocycles. The predicted molar refractivity (Wildman–Crippen MR) is 115 cm³/mol. The first-order valence-corrected chi connectivity index (χ1v) is 9.90. The van der Waals surface area contributed by atoms with Crippen molar-refractivity contribution in [1.29, 1.82) is 0 Å². The molecule has 0 amide bonds. The second-order valence-electron chi connectivity index (χ2n) is 7.60. The van der Waals surface area contributed by atoms with Crippen LogP contribution in [0, 0.1) is 6.92 Å². The van der Waals surface area contributed by atoms with Crippen molar-refractivity contribution in [2.24, 2.45) is 0 Å². The molecule has 0 unspecified atom stereocenters. The van der Waals surface area contributed by atoms with Crippen LogP contribution in [0.2, 0.25) is 0 Å². The SMILES string of the molecule is COc1cc(OC)c(C2CCN(C)CC2)c(O)c1C(=O)/C=C/c1ccc(C)cc1. The molecular formula is C24H29NO4. The number of allylic oxidation sites excluding steroid dienone is 1. The fourth-order valence-electron chi connectivity index (χ4n) is 3.83. The number of ether oxygens (including phenoxy) is 2. The van der Waals surface area contributed by atoms with Crippen LogP contribution < -0.4 is 9.47 Å². The number of rotatable bonds is 6. The third-order valence-corrected chi connectivity index (χ3v) is 5.58. The molecule has 0 spiro atoms. The highest BCUT2D eigenvalue weighted by Gasteiger charge is 2.29. The minimum atomic E-state index is -0.295. The highest BCUT2D eigenvalue weighted by Crippen LogP contribution is 2.45. The van der Waals surface area contributed by atoms with Gasteiger partial charge in [-0.15, -0.1) is 0 Å². The molecule has 154 valence electrons. The fourth-order valence-corrected chi connectivity index (χ4v) is 3.83. The number of carbonyl (C=O) groups is 1. The Kier molecular flexibility index (Phi) is 6.60. The summed E-state index contributed by atoms with van der Waals surface area (Å²) in [4.78, 5) is 15.3. The lowest BCUT2D eigenvalue weighted by Crippen LogP contribution is -2.29. The number of likely N-dealkylation sites (tertiary alicyclic amines) is 1. The lowest BCUT2D eigenvalue weighted by atomic mass is 9.86. The normalized spacial score (nSPS) is 15.6. The first-order valence-electron chi connectivity index (χ1n) is 9.90. The number of carbonyl (C=O) groups excluding carboxylic acids is 1. The van der Waals surface area contributed by atoms with Gasteiger partial charge in [0.25, 0.3) is 0 Å². The second-order valence-corrected chi connectivity index (χ2v) is 7.60. The quantitative estimate of drug-likeness (QED) is 0.579. The van der Waals surface area contributed by atoms with Crippen molar-refractivity contribution < 1.29 is 19.4 Å². The molecule has 0 aliphatic carbocycles. The molecule has 3 rings (SSSR count). The van der Waals surface area contributed by atoms with Crippen LogP contribution >= 0.6 is 0 Å². The summed E-state index contributed by atoms with van der Waals surface area (Å²) in [5, 5.41) is 11.1. The summed E-state index contributed by atoms with van der Waals surface area (Å²) < 4.78 is 11.0. The number of hydrogen-bond donors (Lipinski definition) is 1. The van der Waals surface area contributed by atoms with E-state index < -0.39 is 0 Å². The summed E-state index contributed by atoms with van der Waals surface area (Å²) in [5.41, 5.74) is 2.97. The van der Waals surface area contributed by atoms with Crippen molar-refractivity contribution in [1.82, 2.24) is 4.90 Å². The molecule has 0 radical (unpaired) electrons. The van der Waals surface area contributed by atoms with Gasteiger partial charge in [0.05, 0.1) is 14.2 Å². The number of aryl methyl sites for hydroxylation is 1. The molecule has 1 N–H and O–H groups in total. The molecule has 0 aromatic heterocycles. The van der Waals surface area contributed by atoms with Gasteiger partial charge in [-0.05, 0) is 57.5 Å². The van der Waals surface area contributed by atoms with Gasteiger partial charge in [-0.3, -0.25) is 4.79 Å². The van der Waals surface area contributed by atoms with E-state index in [1.165, 1.54) is 13.2 Å². The zero-order valence-electron chi connectivity index (χ0n) is 17.6. The average Bonchev–Trinajstić information content (AvgIpc) is 2.73. The van der Waals surface area contributed by atoms with Gasteiger partial charge < -0.3 is 19.5 Å². The van der Waals surface area contributed by atoms with Crippen LogP contribution in [0.3, 0.4) is 0 Å². The van der Waals surface area contributed by atoms with E-state index in [4.69, 9.17) is 9.47 Å². The Morgan fingerprint density at radius 3 is 2.31 bits per heavy atom. The number of phenols is 1. The Bertz CT molecular complexity index is 894. The van der Waals surface area contributed by atoms with Gasteiger partial charge in [-0.1, -0.05) is 35.9 Å². The number of phenolic OH excluding ortho intramolecular Hbond substituents is 1. The smallest absolute Gasteiger partial charge is 0.193 e. The molecule has 1 fully saturated rings. The molecule has 0 atom stereocenters. The summed E-state index contributed by atoms with van der Waals surface area (Å²) in [5.74, 6) is 0.688. The van der Waals surface area contributed by atoms with Crippen molar-refractivity contribution in [2.45, 2.75) is 25.7 Å². The third-order valence-electron chi connectivity index (χ3n) is 5.58. The molecule has 2 aromatic carbocycles. The Morgan fingerprint density at radius 2 is 1.72 bits per heavy atom. The maximum atomic E-state index is 13.0. The summed E-state index contributed by atoms with van der Waals surface area (Å²) in [7, 11) is 5.15. The largest absolute Gasteiger partial charge is 0.507 e. The molecule has 5 heteroatoms. The predicted octanol–water partition coefficient (Wildman–Crippen LogP) is 4.42. The molecule has 1 aliphatic rings. The highest BCUT2D eigenvalue weighted by molar-refractivity contribution is 6.11. The number of ketones is 1. The van der Waals surface area contributed by atoms with Crippen molar-refractivity contribution in [2.75, 3.05) is 34.4 Å². The van der Waals surface area contributed by atoms with Crippen LogP contribution in [0.15, 0.2) is 36.4 Å². The Balaban J connectivity index is 1.99. The van der Waals surface area contributed by atoms with Crippen molar-refractivity contribution in [3.05, 3.63) is 58.7 Å². The van der Waals surface area contributed by atoms with Gasteiger partial charge in [-0.25, -0.2) is 0 Å². The number of methoxy groups -OCH3 is 2. The van der Waals surface area contributed by atoms with Crippen molar-refractivity contribution in [3.8, 4) is 17.2 Å². The van der Waals surface area contributed by atoms with Crippen molar-refractivity contribution >= 4 is 11.9 Å². The van der Waals surface area contributed by atoms with E-state index in [2.05, 4.69) is 11.9 Å². The van der Waals surface area contributed by atoms with Gasteiger partial charge in [0, 0.05) is 11.6 Å². The van der Waals surface area contributed by atoms with Crippen molar-refractivity contribution in [3.63, 3.8) is 0 Å². The first-order chi connectivity index (χ1) is 13.9. The number of hydrogen-bond acceptors (Lipinski definition) is 5. The summed E-state index contributed by atoms with van der Waals surface area (Å²) in [6.07, 6.45) is 5.03. The van der Waals surface area contributed by atoms with Gasteiger partial charge in [0.15, 0.2) is 5.78 Å². The van der Waals surface area contributed by atoms with Crippen LogP contribution in [-0.4, -0.2) is 50.1 Å². The fraction of sp³-hybridized carbons (Fsp3) is 0.375. The van der Waals surface area contributed by atoms with Crippen LogP contribution in [-0.2, 0) is 0 Å². The van der Waals surface area contributed by atoms with E-state index in [0.717, 1.165) is 37.1 Å². The van der Waals surface area contributed by atoms with Gasteiger partial charge >= 0.3 is 0 Å². The van der Waals surface area contributed by atoms with Crippen LogP contribution in [0.5, 0.6) is 17.2 Å². The van der Waals surface area contributed by atoms with Gasteiger partial charge in [0.2, 0.25) is 0 Å². The van der Waals surface area contributed by atoms with Gasteiger partial charge in [-0.2, -0.15) is 0 Å². The molecule has 29 heavy (non-hydrogen) atoms. The molecule has 0 bridgehead atoms. The molecule has 2 aromatic rings. The van der Waals surface area contributed by atoms with Crippen LogP contribution in [0.4, 0.5) is 0 Å². The van der Waals surface area contributed by atoms with E-state index in [0.29, 0.717) is 17.1 Å². The molecule has 1 saturated heterocycles. The summed E-state index contributed by atoms with van der Waals surface area (Å²) >= 11 is 0. The van der Waals surface area contributed by atoms with E-state index in [1.807, 2.05) is 31.2 Å². The summed E-state index contributed by atoms with van der Waals surface area (Å²) in [6, 6.07) is 9.60. The number of piperidine rings is 1. The zero-order valence-corrected chi connectivity index (χ0v) is 17.6. The van der Waals surface area contributed by atoms with Crippen LogP contribution in [0.1, 0.15) is 45.8 Å². The lowest BCUT2D eigenvalue weighted by molar-refractivity contribution is 0.104. The van der Waals surface area contributed by atoms with E-state index in [1.54, 1.807) is 19.3 Å². The maximum absolute atomic E-state index is 13.0. The minimum absolute atomic E-state index is 0.0330. The molecule has 1 aliphatic heterocycles. The number of aromatic hydroxyl groups is 1. The Labute approximate surface area is 172 Å². The van der Waals surface area contributed by atoms with Crippen LogP contribution in [0.25, 0.3) is 6.08 Å².